The highest BCUT2D eigenvalue weighted by Crippen LogP contribution is 2.30. The summed E-state index contributed by atoms with van der Waals surface area (Å²) in [6.07, 6.45) is 2.36. The normalized spacial score (nSPS) is 11.3. The first-order chi connectivity index (χ1) is 14.7. The van der Waals surface area contributed by atoms with Gasteiger partial charge in [-0.15, -0.1) is 0 Å². The van der Waals surface area contributed by atoms with Gasteiger partial charge in [0, 0.05) is 47.9 Å². The van der Waals surface area contributed by atoms with E-state index in [2.05, 4.69) is 85.1 Å². The molecule has 0 spiro atoms. The van der Waals surface area contributed by atoms with Crippen molar-refractivity contribution >= 4 is 27.7 Å². The lowest BCUT2D eigenvalue weighted by Crippen LogP contribution is -2.32. The van der Waals surface area contributed by atoms with Crippen LogP contribution in [0.25, 0.3) is 21.8 Å². The van der Waals surface area contributed by atoms with Gasteiger partial charge in [-0.1, -0.05) is 61.5 Å². The van der Waals surface area contributed by atoms with E-state index in [0.717, 1.165) is 25.9 Å². The Morgan fingerprint density at radius 3 is 2.33 bits per heavy atom. The lowest BCUT2D eigenvalue weighted by Gasteiger charge is -2.23. The van der Waals surface area contributed by atoms with Crippen molar-refractivity contribution in [1.82, 2.24) is 9.47 Å². The molecule has 3 aromatic carbocycles. The Morgan fingerprint density at radius 2 is 1.57 bits per heavy atom. The summed E-state index contributed by atoms with van der Waals surface area (Å²) < 4.78 is 2.36. The number of nitrogens with zero attached hydrogens (tertiary/aromatic N) is 2. The Labute approximate surface area is 178 Å². The second-order valence-electron chi connectivity index (χ2n) is 7.91. The molecule has 3 heteroatoms. The average Bonchev–Trinajstić information content (AvgIpc) is 3.10. The monoisotopic (exact) mass is 398 g/mol. The number of aromatic nitrogens is 1. The molecule has 1 amide bonds. The van der Waals surface area contributed by atoms with Crippen LogP contribution in [0.15, 0.2) is 72.8 Å². The number of rotatable bonds is 8. The molecule has 4 aromatic rings. The SMILES string of the molecule is CCCC(=O)N(CCc1ccccc1)Cc1ccc2c(c1)c1ccccc1n2CC. The third-order valence-corrected chi connectivity index (χ3v) is 5.86. The topological polar surface area (TPSA) is 25.2 Å². The van der Waals surface area contributed by atoms with Gasteiger partial charge in [-0.3, -0.25) is 4.79 Å². The van der Waals surface area contributed by atoms with Gasteiger partial charge in [-0.25, -0.2) is 0 Å². The minimum Gasteiger partial charge on any atom is -0.341 e. The van der Waals surface area contributed by atoms with Crippen LogP contribution >= 0.6 is 0 Å². The van der Waals surface area contributed by atoms with Gasteiger partial charge in [0.2, 0.25) is 5.91 Å². The van der Waals surface area contributed by atoms with Crippen molar-refractivity contribution in [3.63, 3.8) is 0 Å². The molecule has 0 aliphatic rings. The van der Waals surface area contributed by atoms with E-state index in [4.69, 9.17) is 0 Å². The van der Waals surface area contributed by atoms with Gasteiger partial charge in [0.1, 0.15) is 0 Å². The summed E-state index contributed by atoms with van der Waals surface area (Å²) in [5, 5.41) is 2.56. The Bertz CT molecular complexity index is 1140. The molecule has 1 heterocycles. The fraction of sp³-hybridized carbons (Fsp3) is 0.296. The van der Waals surface area contributed by atoms with Crippen LogP contribution in [0.5, 0.6) is 0 Å². The van der Waals surface area contributed by atoms with Gasteiger partial charge in [-0.2, -0.15) is 0 Å². The van der Waals surface area contributed by atoms with Crippen molar-refractivity contribution in [2.45, 2.75) is 46.2 Å². The molecule has 0 bridgehead atoms. The molecule has 0 radical (unpaired) electrons. The second kappa shape index (κ2) is 9.17. The maximum atomic E-state index is 12.8. The molecule has 0 N–H and O–H groups in total. The molecule has 0 saturated heterocycles. The Balaban J connectivity index is 1.63. The molecule has 0 aliphatic heterocycles. The largest absolute Gasteiger partial charge is 0.341 e. The van der Waals surface area contributed by atoms with Crippen molar-refractivity contribution in [3.05, 3.63) is 83.9 Å². The highest BCUT2D eigenvalue weighted by atomic mass is 16.2. The van der Waals surface area contributed by atoms with Gasteiger partial charge in [0.25, 0.3) is 0 Å². The van der Waals surface area contributed by atoms with Crippen LogP contribution in [-0.2, 0) is 24.3 Å². The van der Waals surface area contributed by atoms with Crippen LogP contribution in [0.4, 0.5) is 0 Å². The quantitative estimate of drug-likeness (QED) is 0.348. The number of carbonyl (C=O) groups excluding carboxylic acids is 1. The van der Waals surface area contributed by atoms with E-state index in [0.29, 0.717) is 13.0 Å². The molecule has 154 valence electrons. The number of benzene rings is 3. The molecule has 0 aliphatic carbocycles. The van der Waals surface area contributed by atoms with Crippen molar-refractivity contribution < 1.29 is 4.79 Å². The maximum Gasteiger partial charge on any atom is 0.222 e. The van der Waals surface area contributed by atoms with Gasteiger partial charge in [0.15, 0.2) is 0 Å². The lowest BCUT2D eigenvalue weighted by molar-refractivity contribution is -0.131. The first-order valence-electron chi connectivity index (χ1n) is 11.0. The predicted octanol–water partition coefficient (Wildman–Crippen LogP) is 6.19. The number of hydrogen-bond donors (Lipinski definition) is 0. The standard InChI is InChI=1S/C27H30N2O/c1-3-10-27(30)28(18-17-21-11-6-5-7-12-21)20-22-15-16-26-24(19-22)23-13-8-9-14-25(23)29(26)4-2/h5-9,11-16,19H,3-4,10,17-18,20H2,1-2H3. The van der Waals surface area contributed by atoms with Gasteiger partial charge in [0.05, 0.1) is 0 Å². The van der Waals surface area contributed by atoms with E-state index in [9.17, 15) is 4.79 Å². The lowest BCUT2D eigenvalue weighted by atomic mass is 10.1. The number of para-hydroxylation sites is 1. The summed E-state index contributed by atoms with van der Waals surface area (Å²) in [6.45, 7) is 6.61. The number of fused-ring (bicyclic) bond motifs is 3. The molecule has 0 saturated carbocycles. The van der Waals surface area contributed by atoms with Crippen molar-refractivity contribution in [2.24, 2.45) is 0 Å². The number of amides is 1. The zero-order valence-corrected chi connectivity index (χ0v) is 18.0. The zero-order chi connectivity index (χ0) is 20.9. The fourth-order valence-electron chi connectivity index (χ4n) is 4.33. The van der Waals surface area contributed by atoms with E-state index >= 15 is 0 Å². The third kappa shape index (κ3) is 4.11. The number of hydrogen-bond acceptors (Lipinski definition) is 1. The fourth-order valence-corrected chi connectivity index (χ4v) is 4.33. The molecular weight excluding hydrogens is 368 g/mol. The molecule has 1 aromatic heterocycles. The summed E-state index contributed by atoms with van der Waals surface area (Å²) in [6, 6.07) is 25.7. The van der Waals surface area contributed by atoms with Crippen LogP contribution < -0.4 is 0 Å². The van der Waals surface area contributed by atoms with Crippen LogP contribution in [0.1, 0.15) is 37.8 Å². The van der Waals surface area contributed by atoms with E-state index in [-0.39, 0.29) is 5.91 Å². The Morgan fingerprint density at radius 1 is 0.833 bits per heavy atom. The molecule has 0 atom stereocenters. The highest BCUT2D eigenvalue weighted by molar-refractivity contribution is 6.08. The molecular formula is C27H30N2O. The second-order valence-corrected chi connectivity index (χ2v) is 7.91. The van der Waals surface area contributed by atoms with Crippen LogP contribution in [0.2, 0.25) is 0 Å². The summed E-state index contributed by atoms with van der Waals surface area (Å²) in [4.78, 5) is 14.8. The Kier molecular flexibility index (Phi) is 6.18. The maximum absolute atomic E-state index is 12.8. The summed E-state index contributed by atoms with van der Waals surface area (Å²) >= 11 is 0. The van der Waals surface area contributed by atoms with Crippen LogP contribution in [0.3, 0.4) is 0 Å². The zero-order valence-electron chi connectivity index (χ0n) is 18.0. The van der Waals surface area contributed by atoms with Crippen molar-refractivity contribution in [3.8, 4) is 0 Å². The van der Waals surface area contributed by atoms with E-state index < -0.39 is 0 Å². The summed E-state index contributed by atoms with van der Waals surface area (Å²) in [5.41, 5.74) is 5.00. The molecule has 30 heavy (non-hydrogen) atoms. The van der Waals surface area contributed by atoms with E-state index in [1.165, 1.54) is 32.9 Å². The minimum atomic E-state index is 0.240. The first-order valence-corrected chi connectivity index (χ1v) is 11.0. The van der Waals surface area contributed by atoms with Crippen LogP contribution in [0, 0.1) is 0 Å². The van der Waals surface area contributed by atoms with Crippen molar-refractivity contribution in [1.29, 1.82) is 0 Å². The molecule has 0 fully saturated rings. The third-order valence-electron chi connectivity index (χ3n) is 5.86. The molecule has 0 unspecified atom stereocenters. The highest BCUT2D eigenvalue weighted by Gasteiger charge is 2.15. The van der Waals surface area contributed by atoms with E-state index in [1.54, 1.807) is 0 Å². The average molecular weight is 399 g/mol. The summed E-state index contributed by atoms with van der Waals surface area (Å²) in [7, 11) is 0. The van der Waals surface area contributed by atoms with E-state index in [1.807, 2.05) is 11.0 Å². The first kappa shape index (κ1) is 20.2. The van der Waals surface area contributed by atoms with Crippen LogP contribution in [-0.4, -0.2) is 21.9 Å². The minimum absolute atomic E-state index is 0.240. The van der Waals surface area contributed by atoms with Gasteiger partial charge >= 0.3 is 0 Å². The molecule has 4 rings (SSSR count). The van der Waals surface area contributed by atoms with Crippen molar-refractivity contribution in [2.75, 3.05) is 6.54 Å². The number of carbonyl (C=O) groups is 1. The van der Waals surface area contributed by atoms with Gasteiger partial charge in [-0.05, 0) is 49.1 Å². The Hall–Kier alpha value is -3.07. The predicted molar refractivity (Wildman–Crippen MR) is 126 cm³/mol. The smallest absolute Gasteiger partial charge is 0.222 e. The van der Waals surface area contributed by atoms with Gasteiger partial charge < -0.3 is 9.47 Å². The summed E-state index contributed by atoms with van der Waals surface area (Å²) in [5.74, 6) is 0.240. The molecule has 3 nitrogen and oxygen atoms in total. The number of aryl methyl sites for hydroxylation is 1.